The summed E-state index contributed by atoms with van der Waals surface area (Å²) in [5.74, 6) is 0.465. The topological polar surface area (TPSA) is 75.3 Å². The summed E-state index contributed by atoms with van der Waals surface area (Å²) in [5, 5.41) is 4.19. The molecular formula is C22H18N4O2S2. The number of amides is 1. The molecule has 1 amide bonds. The summed E-state index contributed by atoms with van der Waals surface area (Å²) in [6.07, 6.45) is 0. The minimum Gasteiger partial charge on any atom is -0.497 e. The van der Waals surface area contributed by atoms with Gasteiger partial charge in [0.05, 0.1) is 17.3 Å². The van der Waals surface area contributed by atoms with E-state index in [0.717, 1.165) is 32.2 Å². The first-order valence-electron chi connectivity index (χ1n) is 9.10. The SMILES string of the molecule is COc1ccc(NC(=S)NNC(=O)c2ccc(-c3nc4ccccc4s3)cc2)cc1. The number of hydrogen-bond donors (Lipinski definition) is 3. The van der Waals surface area contributed by atoms with E-state index in [1.54, 1.807) is 30.6 Å². The third-order valence-electron chi connectivity index (χ3n) is 4.33. The number of benzene rings is 3. The second-order valence-corrected chi connectivity index (χ2v) is 7.76. The summed E-state index contributed by atoms with van der Waals surface area (Å²) in [6, 6.07) is 22.6. The number of ether oxygens (including phenoxy) is 1. The molecule has 0 unspecified atom stereocenters. The Hall–Kier alpha value is -3.49. The van der Waals surface area contributed by atoms with Gasteiger partial charge in [-0.3, -0.25) is 15.6 Å². The Bertz CT molecular complexity index is 1150. The third-order valence-corrected chi connectivity index (χ3v) is 5.61. The van der Waals surface area contributed by atoms with Crippen molar-refractivity contribution in [3.8, 4) is 16.3 Å². The molecule has 0 spiro atoms. The molecule has 1 aromatic heterocycles. The number of thiocarbonyl (C=S) groups is 1. The number of nitrogens with one attached hydrogen (secondary N) is 3. The lowest BCUT2D eigenvalue weighted by atomic mass is 10.1. The van der Waals surface area contributed by atoms with Gasteiger partial charge in [-0.05, 0) is 60.7 Å². The van der Waals surface area contributed by atoms with Crippen molar-refractivity contribution >= 4 is 50.5 Å². The number of hydrazine groups is 1. The summed E-state index contributed by atoms with van der Waals surface area (Å²) in [4.78, 5) is 17.0. The van der Waals surface area contributed by atoms with Crippen LogP contribution in [0.4, 0.5) is 5.69 Å². The van der Waals surface area contributed by atoms with Crippen LogP contribution in [0.15, 0.2) is 72.8 Å². The van der Waals surface area contributed by atoms with Gasteiger partial charge < -0.3 is 10.1 Å². The van der Waals surface area contributed by atoms with Gasteiger partial charge in [0.1, 0.15) is 10.8 Å². The maximum Gasteiger partial charge on any atom is 0.269 e. The number of carbonyl (C=O) groups is 1. The van der Waals surface area contributed by atoms with Gasteiger partial charge in [0.15, 0.2) is 5.11 Å². The maximum atomic E-state index is 12.4. The number of anilines is 1. The highest BCUT2D eigenvalue weighted by Crippen LogP contribution is 2.29. The predicted molar refractivity (Wildman–Crippen MR) is 125 cm³/mol. The molecule has 0 aliphatic rings. The number of carbonyl (C=O) groups excluding carboxylic acids is 1. The monoisotopic (exact) mass is 434 g/mol. The van der Waals surface area contributed by atoms with Crippen molar-refractivity contribution < 1.29 is 9.53 Å². The van der Waals surface area contributed by atoms with Crippen LogP contribution in [0.1, 0.15) is 10.4 Å². The minimum atomic E-state index is -0.287. The molecule has 4 rings (SSSR count). The highest BCUT2D eigenvalue weighted by Gasteiger charge is 2.09. The van der Waals surface area contributed by atoms with Crippen LogP contribution in [-0.2, 0) is 0 Å². The molecular weight excluding hydrogens is 416 g/mol. The first-order chi connectivity index (χ1) is 14.6. The molecule has 30 heavy (non-hydrogen) atoms. The summed E-state index contributed by atoms with van der Waals surface area (Å²) in [5.41, 5.74) is 8.53. The molecule has 0 fully saturated rings. The van der Waals surface area contributed by atoms with Crippen molar-refractivity contribution in [2.45, 2.75) is 0 Å². The fraction of sp³-hybridized carbons (Fsp3) is 0.0455. The standard InChI is InChI=1S/C22H18N4O2S2/c1-28-17-12-10-16(11-13-17)23-22(29)26-25-20(27)14-6-8-15(9-7-14)21-24-18-4-2-3-5-19(18)30-21/h2-13H,1H3,(H,25,27)(H2,23,26,29). The number of nitrogens with zero attached hydrogens (tertiary/aromatic N) is 1. The van der Waals surface area contributed by atoms with Gasteiger partial charge in [-0.2, -0.15) is 0 Å². The molecule has 0 saturated heterocycles. The third kappa shape index (κ3) is 4.56. The number of para-hydroxylation sites is 1. The molecule has 150 valence electrons. The first-order valence-corrected chi connectivity index (χ1v) is 10.3. The largest absolute Gasteiger partial charge is 0.497 e. The zero-order valence-electron chi connectivity index (χ0n) is 16.0. The van der Waals surface area contributed by atoms with Gasteiger partial charge in [0.2, 0.25) is 0 Å². The van der Waals surface area contributed by atoms with E-state index in [0.29, 0.717) is 5.56 Å². The van der Waals surface area contributed by atoms with Gasteiger partial charge in [0, 0.05) is 16.8 Å². The zero-order chi connectivity index (χ0) is 20.9. The van der Waals surface area contributed by atoms with Gasteiger partial charge in [0.25, 0.3) is 5.91 Å². The average molecular weight is 435 g/mol. The summed E-state index contributed by atoms with van der Waals surface area (Å²) in [6.45, 7) is 0. The fourth-order valence-electron chi connectivity index (χ4n) is 2.78. The molecule has 6 nitrogen and oxygen atoms in total. The summed E-state index contributed by atoms with van der Waals surface area (Å²) in [7, 11) is 1.61. The van der Waals surface area contributed by atoms with Crippen molar-refractivity contribution in [1.82, 2.24) is 15.8 Å². The zero-order valence-corrected chi connectivity index (χ0v) is 17.6. The number of fused-ring (bicyclic) bond motifs is 1. The number of rotatable bonds is 4. The number of thiazole rings is 1. The normalized spacial score (nSPS) is 10.4. The van der Waals surface area contributed by atoms with Crippen LogP contribution in [0.25, 0.3) is 20.8 Å². The van der Waals surface area contributed by atoms with E-state index in [-0.39, 0.29) is 11.0 Å². The van der Waals surface area contributed by atoms with E-state index in [2.05, 4.69) is 21.2 Å². The summed E-state index contributed by atoms with van der Waals surface area (Å²) >= 11 is 6.83. The molecule has 4 aromatic rings. The first kappa shape index (κ1) is 19.8. The van der Waals surface area contributed by atoms with Crippen LogP contribution in [0, 0.1) is 0 Å². The smallest absolute Gasteiger partial charge is 0.269 e. The lowest BCUT2D eigenvalue weighted by molar-refractivity contribution is 0.0944. The van der Waals surface area contributed by atoms with Crippen LogP contribution in [0.3, 0.4) is 0 Å². The molecule has 0 atom stereocenters. The van der Waals surface area contributed by atoms with Crippen molar-refractivity contribution in [2.75, 3.05) is 12.4 Å². The fourth-order valence-corrected chi connectivity index (χ4v) is 3.92. The Morgan fingerprint density at radius 2 is 1.70 bits per heavy atom. The van der Waals surface area contributed by atoms with Crippen LogP contribution >= 0.6 is 23.6 Å². The second-order valence-electron chi connectivity index (χ2n) is 6.33. The van der Waals surface area contributed by atoms with Crippen molar-refractivity contribution in [3.05, 3.63) is 78.4 Å². The molecule has 0 bridgehead atoms. The minimum absolute atomic E-state index is 0.277. The lowest BCUT2D eigenvalue weighted by Crippen LogP contribution is -2.43. The molecule has 8 heteroatoms. The molecule has 1 heterocycles. The highest BCUT2D eigenvalue weighted by molar-refractivity contribution is 7.80. The van der Waals surface area contributed by atoms with Crippen molar-refractivity contribution in [3.63, 3.8) is 0 Å². The quantitative estimate of drug-likeness (QED) is 0.322. The van der Waals surface area contributed by atoms with Gasteiger partial charge in [-0.15, -0.1) is 11.3 Å². The van der Waals surface area contributed by atoms with E-state index in [4.69, 9.17) is 17.0 Å². The molecule has 0 aliphatic heterocycles. The van der Waals surface area contributed by atoms with Gasteiger partial charge >= 0.3 is 0 Å². The van der Waals surface area contributed by atoms with Crippen LogP contribution in [-0.4, -0.2) is 23.1 Å². The van der Waals surface area contributed by atoms with Crippen LogP contribution < -0.4 is 20.9 Å². The predicted octanol–water partition coefficient (Wildman–Crippen LogP) is 4.60. The number of methoxy groups -OCH3 is 1. The Morgan fingerprint density at radius 1 is 0.967 bits per heavy atom. The highest BCUT2D eigenvalue weighted by atomic mass is 32.1. The molecule has 0 saturated carbocycles. The number of hydrogen-bond acceptors (Lipinski definition) is 5. The van der Waals surface area contributed by atoms with E-state index >= 15 is 0 Å². The van der Waals surface area contributed by atoms with Crippen molar-refractivity contribution in [1.29, 1.82) is 0 Å². The Balaban J connectivity index is 1.34. The van der Waals surface area contributed by atoms with E-state index in [1.807, 2.05) is 60.7 Å². The number of aromatic nitrogens is 1. The Labute approximate surface area is 182 Å². The van der Waals surface area contributed by atoms with Gasteiger partial charge in [-0.25, -0.2) is 4.98 Å². The van der Waals surface area contributed by atoms with Gasteiger partial charge in [-0.1, -0.05) is 24.3 Å². The molecule has 3 aromatic carbocycles. The molecule has 0 radical (unpaired) electrons. The Morgan fingerprint density at radius 3 is 2.40 bits per heavy atom. The summed E-state index contributed by atoms with van der Waals surface area (Å²) < 4.78 is 6.25. The molecule has 0 aliphatic carbocycles. The van der Waals surface area contributed by atoms with Crippen LogP contribution in [0.5, 0.6) is 5.75 Å². The van der Waals surface area contributed by atoms with Crippen LogP contribution in [0.2, 0.25) is 0 Å². The second kappa shape index (κ2) is 8.89. The van der Waals surface area contributed by atoms with Crippen molar-refractivity contribution in [2.24, 2.45) is 0 Å². The van der Waals surface area contributed by atoms with E-state index < -0.39 is 0 Å². The lowest BCUT2D eigenvalue weighted by Gasteiger charge is -2.12. The average Bonchev–Trinajstić information content (AvgIpc) is 3.22. The Kier molecular flexibility index (Phi) is 5.87. The van der Waals surface area contributed by atoms with E-state index in [1.165, 1.54) is 0 Å². The molecule has 3 N–H and O–H groups in total. The maximum absolute atomic E-state index is 12.4. The van der Waals surface area contributed by atoms with E-state index in [9.17, 15) is 4.79 Å².